The normalized spacial score (nSPS) is 11.2. The van der Waals surface area contributed by atoms with Gasteiger partial charge < -0.3 is 14.8 Å². The number of aromatic nitrogens is 3. The van der Waals surface area contributed by atoms with Crippen molar-refractivity contribution in [3.63, 3.8) is 0 Å². The number of nitrogens with one attached hydrogen (secondary N) is 2. The number of benzene rings is 1. The Balaban J connectivity index is 1.97. The zero-order chi connectivity index (χ0) is 17.7. The third kappa shape index (κ3) is 4.64. The van der Waals surface area contributed by atoms with Gasteiger partial charge in [0, 0.05) is 11.5 Å². The van der Waals surface area contributed by atoms with E-state index < -0.39 is 0 Å². The van der Waals surface area contributed by atoms with Gasteiger partial charge in [-0.25, -0.2) is 4.98 Å². The van der Waals surface area contributed by atoms with Crippen LogP contribution in [-0.4, -0.2) is 41.1 Å². The molecule has 1 aromatic heterocycles. The first-order chi connectivity index (χ1) is 11.3. The highest BCUT2D eigenvalue weighted by atomic mass is 32.2. The number of rotatable bonds is 6. The standard InChI is InChI=1S/C16H22N4O3S/c1-16(2,3)14-18-15(20-19-14)24-9-13(21)17-11-8-10(22-4)6-7-12(11)23-5/h6-8H,9H2,1-5H3,(H,17,21)(H,18,19,20). The number of aromatic amines is 1. The molecule has 24 heavy (non-hydrogen) atoms. The van der Waals surface area contributed by atoms with Gasteiger partial charge in [0.25, 0.3) is 0 Å². The summed E-state index contributed by atoms with van der Waals surface area (Å²) in [6, 6.07) is 5.23. The van der Waals surface area contributed by atoms with E-state index in [1.807, 2.05) is 20.8 Å². The lowest BCUT2D eigenvalue weighted by atomic mass is 9.96. The summed E-state index contributed by atoms with van der Waals surface area (Å²) in [4.78, 5) is 16.6. The molecule has 0 radical (unpaired) electrons. The van der Waals surface area contributed by atoms with Gasteiger partial charge in [-0.3, -0.25) is 9.89 Å². The lowest BCUT2D eigenvalue weighted by Gasteiger charge is -2.12. The second-order valence-corrected chi connectivity index (χ2v) is 7.06. The van der Waals surface area contributed by atoms with Crippen LogP contribution in [0.25, 0.3) is 0 Å². The average Bonchev–Trinajstić information content (AvgIpc) is 3.02. The van der Waals surface area contributed by atoms with Gasteiger partial charge in [0.2, 0.25) is 11.1 Å². The lowest BCUT2D eigenvalue weighted by molar-refractivity contribution is -0.113. The molecular weight excluding hydrogens is 328 g/mol. The van der Waals surface area contributed by atoms with Crippen LogP contribution in [0, 0.1) is 0 Å². The molecule has 130 valence electrons. The van der Waals surface area contributed by atoms with Gasteiger partial charge in [0.05, 0.1) is 25.7 Å². The molecule has 0 spiro atoms. The summed E-state index contributed by atoms with van der Waals surface area (Å²) in [5.74, 6) is 2.03. The molecule has 2 N–H and O–H groups in total. The summed E-state index contributed by atoms with van der Waals surface area (Å²) < 4.78 is 10.4. The van der Waals surface area contributed by atoms with Crippen molar-refractivity contribution in [2.24, 2.45) is 0 Å². The minimum Gasteiger partial charge on any atom is -0.497 e. The fourth-order valence-corrected chi connectivity index (χ4v) is 2.47. The number of amides is 1. The Morgan fingerprint density at radius 3 is 2.62 bits per heavy atom. The first-order valence-corrected chi connectivity index (χ1v) is 8.39. The molecule has 7 nitrogen and oxygen atoms in total. The Morgan fingerprint density at radius 2 is 2.04 bits per heavy atom. The second-order valence-electron chi connectivity index (χ2n) is 6.12. The zero-order valence-electron chi connectivity index (χ0n) is 14.5. The molecule has 0 unspecified atom stereocenters. The monoisotopic (exact) mass is 350 g/mol. The van der Waals surface area contributed by atoms with Crippen molar-refractivity contribution in [3.8, 4) is 11.5 Å². The van der Waals surface area contributed by atoms with E-state index in [4.69, 9.17) is 9.47 Å². The fourth-order valence-electron chi connectivity index (χ4n) is 1.87. The van der Waals surface area contributed by atoms with Crippen molar-refractivity contribution in [2.45, 2.75) is 31.3 Å². The maximum atomic E-state index is 12.2. The molecular formula is C16H22N4O3S. The summed E-state index contributed by atoms with van der Waals surface area (Å²) in [5.41, 5.74) is 0.454. The number of ether oxygens (including phenoxy) is 2. The van der Waals surface area contributed by atoms with Crippen molar-refractivity contribution in [1.29, 1.82) is 0 Å². The Bertz CT molecular complexity index is 710. The van der Waals surface area contributed by atoms with E-state index >= 15 is 0 Å². The fraction of sp³-hybridized carbons (Fsp3) is 0.438. The first kappa shape index (κ1) is 18.1. The molecule has 1 aromatic carbocycles. The largest absolute Gasteiger partial charge is 0.497 e. The molecule has 0 aliphatic rings. The maximum absolute atomic E-state index is 12.2. The van der Waals surface area contributed by atoms with E-state index in [-0.39, 0.29) is 17.1 Å². The Hall–Kier alpha value is -2.22. The van der Waals surface area contributed by atoms with Crippen LogP contribution in [-0.2, 0) is 10.2 Å². The number of hydrogen-bond acceptors (Lipinski definition) is 6. The van der Waals surface area contributed by atoms with E-state index in [2.05, 4.69) is 20.5 Å². The van der Waals surface area contributed by atoms with Crippen LogP contribution in [0.3, 0.4) is 0 Å². The Labute approximate surface area is 145 Å². The van der Waals surface area contributed by atoms with Crippen molar-refractivity contribution < 1.29 is 14.3 Å². The van der Waals surface area contributed by atoms with E-state index in [0.717, 1.165) is 5.82 Å². The molecule has 2 rings (SSSR count). The van der Waals surface area contributed by atoms with Crippen molar-refractivity contribution >= 4 is 23.4 Å². The minimum absolute atomic E-state index is 0.109. The van der Waals surface area contributed by atoms with Crippen LogP contribution in [0.5, 0.6) is 11.5 Å². The van der Waals surface area contributed by atoms with Gasteiger partial charge in [0.15, 0.2) is 0 Å². The summed E-state index contributed by atoms with van der Waals surface area (Å²) in [6.45, 7) is 6.14. The average molecular weight is 350 g/mol. The number of carbonyl (C=O) groups is 1. The van der Waals surface area contributed by atoms with Crippen LogP contribution in [0.1, 0.15) is 26.6 Å². The van der Waals surface area contributed by atoms with Crippen LogP contribution >= 0.6 is 11.8 Å². The quantitative estimate of drug-likeness (QED) is 0.779. The summed E-state index contributed by atoms with van der Waals surface area (Å²) in [5, 5.41) is 10.4. The Morgan fingerprint density at radius 1 is 1.29 bits per heavy atom. The van der Waals surface area contributed by atoms with E-state index in [0.29, 0.717) is 22.3 Å². The van der Waals surface area contributed by atoms with Crippen LogP contribution in [0.2, 0.25) is 0 Å². The van der Waals surface area contributed by atoms with E-state index in [9.17, 15) is 4.79 Å². The zero-order valence-corrected chi connectivity index (χ0v) is 15.3. The maximum Gasteiger partial charge on any atom is 0.234 e. The summed E-state index contributed by atoms with van der Waals surface area (Å²) >= 11 is 1.27. The minimum atomic E-state index is -0.173. The third-order valence-electron chi connectivity index (χ3n) is 3.19. The predicted octanol–water partition coefficient (Wildman–Crippen LogP) is 2.85. The van der Waals surface area contributed by atoms with Crippen molar-refractivity contribution in [1.82, 2.24) is 15.2 Å². The molecule has 2 aromatic rings. The van der Waals surface area contributed by atoms with Crippen molar-refractivity contribution in [3.05, 3.63) is 24.0 Å². The van der Waals surface area contributed by atoms with Gasteiger partial charge in [-0.2, -0.15) is 0 Å². The molecule has 1 amide bonds. The SMILES string of the molecule is COc1ccc(OC)c(NC(=O)CSc2n[nH]c(C(C)(C)C)n2)c1. The predicted molar refractivity (Wildman–Crippen MR) is 94.0 cm³/mol. The van der Waals surface area contributed by atoms with Gasteiger partial charge >= 0.3 is 0 Å². The number of hydrogen-bond donors (Lipinski definition) is 2. The molecule has 0 bridgehead atoms. The van der Waals surface area contributed by atoms with Gasteiger partial charge in [0.1, 0.15) is 17.3 Å². The number of H-pyrrole nitrogens is 1. The number of carbonyl (C=O) groups excluding carboxylic acids is 1. The number of methoxy groups -OCH3 is 2. The van der Waals surface area contributed by atoms with Gasteiger partial charge in [-0.05, 0) is 12.1 Å². The van der Waals surface area contributed by atoms with Gasteiger partial charge in [-0.1, -0.05) is 32.5 Å². The van der Waals surface area contributed by atoms with E-state index in [1.165, 1.54) is 11.8 Å². The molecule has 0 aliphatic heterocycles. The smallest absolute Gasteiger partial charge is 0.234 e. The van der Waals surface area contributed by atoms with Gasteiger partial charge in [-0.15, -0.1) is 5.10 Å². The first-order valence-electron chi connectivity index (χ1n) is 7.41. The molecule has 0 fully saturated rings. The second kappa shape index (κ2) is 7.57. The molecule has 0 saturated heterocycles. The molecule has 8 heteroatoms. The highest BCUT2D eigenvalue weighted by molar-refractivity contribution is 7.99. The highest BCUT2D eigenvalue weighted by Gasteiger charge is 2.19. The molecule has 0 atom stereocenters. The molecule has 1 heterocycles. The van der Waals surface area contributed by atoms with Crippen molar-refractivity contribution in [2.75, 3.05) is 25.3 Å². The third-order valence-corrected chi connectivity index (χ3v) is 4.04. The van der Waals surface area contributed by atoms with Crippen LogP contribution in [0.4, 0.5) is 5.69 Å². The summed E-state index contributed by atoms with van der Waals surface area (Å²) in [7, 11) is 3.12. The van der Waals surface area contributed by atoms with Crippen LogP contribution in [0.15, 0.2) is 23.4 Å². The number of thioether (sulfide) groups is 1. The molecule has 0 aliphatic carbocycles. The number of anilines is 1. The highest BCUT2D eigenvalue weighted by Crippen LogP contribution is 2.29. The lowest BCUT2D eigenvalue weighted by Crippen LogP contribution is -2.15. The summed E-state index contributed by atoms with van der Waals surface area (Å²) in [6.07, 6.45) is 0. The number of nitrogens with zero attached hydrogens (tertiary/aromatic N) is 2. The molecule has 0 saturated carbocycles. The topological polar surface area (TPSA) is 89.1 Å². The van der Waals surface area contributed by atoms with Crippen LogP contribution < -0.4 is 14.8 Å². The Kier molecular flexibility index (Phi) is 5.71. The van der Waals surface area contributed by atoms with E-state index in [1.54, 1.807) is 32.4 Å².